The summed E-state index contributed by atoms with van der Waals surface area (Å²) in [4.78, 5) is 17.6. The molecule has 1 fully saturated rings. The van der Waals surface area contributed by atoms with Crippen LogP contribution in [0.2, 0.25) is 0 Å². The lowest BCUT2D eigenvalue weighted by Gasteiger charge is -2.38. The van der Waals surface area contributed by atoms with E-state index in [1.54, 1.807) is 17.0 Å². The van der Waals surface area contributed by atoms with Crippen LogP contribution in [0.3, 0.4) is 0 Å². The average molecular weight is 333 g/mol. The molecule has 6 nitrogen and oxygen atoms in total. The van der Waals surface area contributed by atoms with Gasteiger partial charge in [-0.25, -0.2) is 9.78 Å². The Kier molecular flexibility index (Phi) is 6.73. The van der Waals surface area contributed by atoms with Crippen molar-refractivity contribution in [3.8, 4) is 6.07 Å². The highest BCUT2D eigenvalue weighted by Crippen LogP contribution is 2.32. The quantitative estimate of drug-likeness (QED) is 0.853. The summed E-state index contributed by atoms with van der Waals surface area (Å²) in [6.45, 7) is 10.3. The molecular weight excluding hydrogens is 306 g/mol. The van der Waals surface area contributed by atoms with Crippen LogP contribution in [0.5, 0.6) is 0 Å². The van der Waals surface area contributed by atoms with Crippen molar-refractivity contribution < 1.29 is 14.6 Å². The average Bonchev–Trinajstić information content (AvgIpc) is 2.56. The van der Waals surface area contributed by atoms with E-state index in [1.807, 2.05) is 40.7 Å². The van der Waals surface area contributed by atoms with Crippen LogP contribution in [-0.2, 0) is 10.3 Å². The third-order valence-electron chi connectivity index (χ3n) is 3.66. The fourth-order valence-corrected chi connectivity index (χ4v) is 2.41. The molecule has 132 valence electrons. The Morgan fingerprint density at radius 3 is 2.33 bits per heavy atom. The third-order valence-corrected chi connectivity index (χ3v) is 3.66. The Balaban J connectivity index is 0.00000139. The topological polar surface area (TPSA) is 86.5 Å². The molecule has 0 aromatic carbocycles. The van der Waals surface area contributed by atoms with Gasteiger partial charge in [0.05, 0.1) is 5.60 Å². The van der Waals surface area contributed by atoms with E-state index >= 15 is 0 Å². The van der Waals surface area contributed by atoms with Gasteiger partial charge in [0.2, 0.25) is 0 Å². The number of piperidine rings is 1. The molecule has 0 bridgehead atoms. The minimum atomic E-state index is -1.01. The first-order valence-electron chi connectivity index (χ1n) is 8.30. The number of amides is 1. The van der Waals surface area contributed by atoms with Crippen molar-refractivity contribution in [2.45, 2.75) is 58.7 Å². The van der Waals surface area contributed by atoms with Gasteiger partial charge in [0.1, 0.15) is 17.4 Å². The number of aliphatic hydroxyl groups is 1. The summed E-state index contributed by atoms with van der Waals surface area (Å²) >= 11 is 0. The molecule has 2 heterocycles. The summed E-state index contributed by atoms with van der Waals surface area (Å²) in [6, 6.07) is 5.26. The molecule has 0 spiro atoms. The first-order chi connectivity index (χ1) is 11.2. The number of likely N-dealkylation sites (tertiary alicyclic amines) is 1. The largest absolute Gasteiger partial charge is 0.444 e. The van der Waals surface area contributed by atoms with Gasteiger partial charge >= 0.3 is 6.09 Å². The summed E-state index contributed by atoms with van der Waals surface area (Å²) in [6.07, 6.45) is 2.01. The first kappa shape index (κ1) is 19.9. The Bertz CT molecular complexity index is 577. The van der Waals surface area contributed by atoms with Gasteiger partial charge in [0, 0.05) is 24.8 Å². The molecule has 6 heteroatoms. The summed E-state index contributed by atoms with van der Waals surface area (Å²) in [7, 11) is 0. The molecule has 1 N–H and O–H groups in total. The molecule has 0 unspecified atom stereocenters. The predicted octanol–water partition coefficient (Wildman–Crippen LogP) is 3.20. The molecule has 0 atom stereocenters. The van der Waals surface area contributed by atoms with Crippen LogP contribution in [0.1, 0.15) is 58.7 Å². The number of ether oxygens (including phenoxy) is 1. The molecule has 0 aliphatic carbocycles. The second-order valence-electron chi connectivity index (χ2n) is 6.54. The van der Waals surface area contributed by atoms with E-state index < -0.39 is 11.2 Å². The van der Waals surface area contributed by atoms with Crippen LogP contribution in [0.25, 0.3) is 0 Å². The van der Waals surface area contributed by atoms with Gasteiger partial charge in [-0.1, -0.05) is 19.9 Å². The number of aromatic nitrogens is 1. The van der Waals surface area contributed by atoms with Crippen LogP contribution in [-0.4, -0.2) is 39.8 Å². The lowest BCUT2D eigenvalue weighted by molar-refractivity contribution is -0.0358. The maximum atomic E-state index is 12.0. The zero-order valence-corrected chi connectivity index (χ0v) is 15.2. The van der Waals surface area contributed by atoms with E-state index in [0.29, 0.717) is 37.2 Å². The number of pyridine rings is 1. The van der Waals surface area contributed by atoms with Gasteiger partial charge in [-0.05, 0) is 39.7 Å². The number of hydrogen-bond donors (Lipinski definition) is 1. The van der Waals surface area contributed by atoms with Gasteiger partial charge < -0.3 is 14.7 Å². The summed E-state index contributed by atoms with van der Waals surface area (Å²) in [5, 5.41) is 19.5. The molecular formula is C18H27N3O3. The van der Waals surface area contributed by atoms with Crippen LogP contribution in [0.15, 0.2) is 18.3 Å². The van der Waals surface area contributed by atoms with Gasteiger partial charge in [0.25, 0.3) is 0 Å². The highest BCUT2D eigenvalue weighted by atomic mass is 16.6. The SMILES string of the molecule is CC.CC(C)(C)OC(=O)N1CCC(O)(c2ccc(C#N)nc2)CC1. The molecule has 1 amide bonds. The van der Waals surface area contributed by atoms with Gasteiger partial charge in [-0.15, -0.1) is 0 Å². The van der Waals surface area contributed by atoms with Crippen LogP contribution in [0.4, 0.5) is 4.79 Å². The second kappa shape index (κ2) is 8.11. The van der Waals surface area contributed by atoms with E-state index in [1.165, 1.54) is 6.20 Å². The normalized spacial score (nSPS) is 16.5. The molecule has 1 aliphatic rings. The van der Waals surface area contributed by atoms with Crippen LogP contribution in [0, 0.1) is 11.3 Å². The summed E-state index contributed by atoms with van der Waals surface area (Å²) in [5.41, 5.74) is -0.546. The molecule has 2 rings (SSSR count). The predicted molar refractivity (Wildman–Crippen MR) is 91.2 cm³/mol. The fourth-order valence-electron chi connectivity index (χ4n) is 2.41. The minimum Gasteiger partial charge on any atom is -0.444 e. The maximum absolute atomic E-state index is 12.0. The molecule has 1 aromatic rings. The first-order valence-corrected chi connectivity index (χ1v) is 8.30. The lowest BCUT2D eigenvalue weighted by Crippen LogP contribution is -2.46. The van der Waals surface area contributed by atoms with Crippen molar-refractivity contribution in [2.24, 2.45) is 0 Å². The number of hydrogen-bond acceptors (Lipinski definition) is 5. The molecule has 1 aromatic heterocycles. The minimum absolute atomic E-state index is 0.318. The molecule has 0 radical (unpaired) electrons. The summed E-state index contributed by atoms with van der Waals surface area (Å²) < 4.78 is 5.34. The monoisotopic (exact) mass is 333 g/mol. The molecule has 1 aliphatic heterocycles. The molecule has 24 heavy (non-hydrogen) atoms. The van der Waals surface area contributed by atoms with Gasteiger partial charge in [-0.3, -0.25) is 0 Å². The zero-order chi connectivity index (χ0) is 18.4. The number of nitriles is 1. The highest BCUT2D eigenvalue weighted by molar-refractivity contribution is 5.68. The highest BCUT2D eigenvalue weighted by Gasteiger charge is 2.36. The Labute approximate surface area is 144 Å². The summed E-state index contributed by atoms with van der Waals surface area (Å²) in [5.74, 6) is 0. The van der Waals surface area contributed by atoms with E-state index in [-0.39, 0.29) is 6.09 Å². The van der Waals surface area contributed by atoms with Crippen molar-refractivity contribution in [2.75, 3.05) is 13.1 Å². The number of carbonyl (C=O) groups excluding carboxylic acids is 1. The van der Waals surface area contributed by atoms with Crippen LogP contribution >= 0.6 is 0 Å². The van der Waals surface area contributed by atoms with Crippen molar-refractivity contribution >= 4 is 6.09 Å². The zero-order valence-electron chi connectivity index (χ0n) is 15.2. The number of rotatable bonds is 1. The van der Waals surface area contributed by atoms with Crippen molar-refractivity contribution in [3.05, 3.63) is 29.6 Å². The van der Waals surface area contributed by atoms with Gasteiger partial charge in [0.15, 0.2) is 0 Å². The maximum Gasteiger partial charge on any atom is 0.410 e. The molecule has 0 saturated carbocycles. The third kappa shape index (κ3) is 5.20. The number of nitrogens with zero attached hydrogens (tertiary/aromatic N) is 3. The van der Waals surface area contributed by atoms with E-state index in [2.05, 4.69) is 4.98 Å². The smallest absolute Gasteiger partial charge is 0.410 e. The van der Waals surface area contributed by atoms with Crippen molar-refractivity contribution in [3.63, 3.8) is 0 Å². The second-order valence-corrected chi connectivity index (χ2v) is 6.54. The van der Waals surface area contributed by atoms with Gasteiger partial charge in [-0.2, -0.15) is 5.26 Å². The van der Waals surface area contributed by atoms with Crippen LogP contribution < -0.4 is 0 Å². The Morgan fingerprint density at radius 2 is 1.92 bits per heavy atom. The Morgan fingerprint density at radius 1 is 1.33 bits per heavy atom. The number of carbonyl (C=O) groups is 1. The lowest BCUT2D eigenvalue weighted by atomic mass is 9.85. The van der Waals surface area contributed by atoms with Crippen molar-refractivity contribution in [1.29, 1.82) is 5.26 Å². The van der Waals surface area contributed by atoms with E-state index in [4.69, 9.17) is 10.00 Å². The van der Waals surface area contributed by atoms with E-state index in [9.17, 15) is 9.90 Å². The van der Waals surface area contributed by atoms with Crippen molar-refractivity contribution in [1.82, 2.24) is 9.88 Å². The standard InChI is InChI=1S/C16H21N3O3.C2H6/c1-15(2,3)22-14(20)19-8-6-16(21,7-9-19)12-4-5-13(10-17)18-11-12;1-2/h4-5,11,21H,6-9H2,1-3H3;1-2H3. The Hall–Kier alpha value is -2.13. The van der Waals surface area contributed by atoms with E-state index in [0.717, 1.165) is 0 Å². The fraction of sp³-hybridized carbons (Fsp3) is 0.611. The molecule has 1 saturated heterocycles.